The monoisotopic (exact) mass is 201 g/mol. The summed E-state index contributed by atoms with van der Waals surface area (Å²) in [5.74, 6) is 0. The van der Waals surface area contributed by atoms with Crippen molar-refractivity contribution >= 4 is 0 Å². The summed E-state index contributed by atoms with van der Waals surface area (Å²) in [6, 6.07) is 6.97. The molecule has 0 heterocycles. The minimum atomic E-state index is 0.0430. The molecule has 0 aromatic heterocycles. The number of rotatable bonds is 1. The largest absolute Gasteiger partial charge is 0.321 e. The van der Waals surface area contributed by atoms with Crippen LogP contribution in [0.25, 0.3) is 0 Å². The standard InChI is InChI=1S/C14H19N/c15-14(8-9-14)13-7-6-11-4-2-1-3-5-12(11)10-13/h6-7,10H,1-5,8-9,15H2. The molecule has 0 bridgehead atoms. The molecule has 2 aliphatic carbocycles. The molecule has 1 nitrogen and oxygen atoms in total. The lowest BCUT2D eigenvalue weighted by Crippen LogP contribution is -2.19. The fourth-order valence-corrected chi connectivity index (χ4v) is 2.64. The van der Waals surface area contributed by atoms with Crippen molar-refractivity contribution in [2.45, 2.75) is 50.5 Å². The molecule has 1 saturated carbocycles. The van der Waals surface area contributed by atoms with E-state index in [4.69, 9.17) is 5.73 Å². The highest BCUT2D eigenvalue weighted by atomic mass is 14.8. The van der Waals surface area contributed by atoms with Crippen molar-refractivity contribution in [3.05, 3.63) is 34.9 Å². The fraction of sp³-hybridized carbons (Fsp3) is 0.571. The molecule has 15 heavy (non-hydrogen) atoms. The van der Waals surface area contributed by atoms with E-state index in [0.717, 1.165) is 0 Å². The molecule has 2 N–H and O–H groups in total. The summed E-state index contributed by atoms with van der Waals surface area (Å²) in [4.78, 5) is 0. The van der Waals surface area contributed by atoms with Crippen LogP contribution in [-0.2, 0) is 18.4 Å². The number of hydrogen-bond donors (Lipinski definition) is 1. The van der Waals surface area contributed by atoms with Gasteiger partial charge < -0.3 is 5.73 Å². The molecular weight excluding hydrogens is 182 g/mol. The molecule has 1 fully saturated rings. The van der Waals surface area contributed by atoms with Crippen LogP contribution in [0.1, 0.15) is 48.8 Å². The van der Waals surface area contributed by atoms with Crippen molar-refractivity contribution in [2.24, 2.45) is 5.73 Å². The lowest BCUT2D eigenvalue weighted by molar-refractivity contribution is 0.710. The second-order valence-electron chi connectivity index (χ2n) is 5.20. The summed E-state index contributed by atoms with van der Waals surface area (Å²) in [6.07, 6.45) is 8.98. The first-order chi connectivity index (χ1) is 7.28. The molecular formula is C14H19N. The molecule has 3 rings (SSSR count). The van der Waals surface area contributed by atoms with E-state index in [0.29, 0.717) is 0 Å². The van der Waals surface area contributed by atoms with Crippen molar-refractivity contribution < 1.29 is 0 Å². The van der Waals surface area contributed by atoms with Crippen molar-refractivity contribution in [2.75, 3.05) is 0 Å². The van der Waals surface area contributed by atoms with E-state index in [1.807, 2.05) is 0 Å². The molecule has 80 valence electrons. The first kappa shape index (κ1) is 9.41. The van der Waals surface area contributed by atoms with E-state index in [9.17, 15) is 0 Å². The Kier molecular flexibility index (Phi) is 2.10. The Balaban J connectivity index is 1.97. The van der Waals surface area contributed by atoms with Gasteiger partial charge in [0.25, 0.3) is 0 Å². The first-order valence-electron chi connectivity index (χ1n) is 6.19. The normalized spacial score (nSPS) is 23.0. The Bertz CT molecular complexity index is 377. The zero-order valence-electron chi connectivity index (χ0n) is 9.26. The number of aryl methyl sites for hydroxylation is 2. The van der Waals surface area contributed by atoms with Crippen LogP contribution in [0.4, 0.5) is 0 Å². The topological polar surface area (TPSA) is 26.0 Å². The minimum absolute atomic E-state index is 0.0430. The second kappa shape index (κ2) is 3.34. The molecule has 0 unspecified atom stereocenters. The lowest BCUT2D eigenvalue weighted by atomic mass is 9.96. The van der Waals surface area contributed by atoms with Gasteiger partial charge in [-0.1, -0.05) is 24.6 Å². The third kappa shape index (κ3) is 1.69. The third-order valence-electron chi connectivity index (χ3n) is 3.96. The Hall–Kier alpha value is -0.820. The zero-order chi connectivity index (χ0) is 10.3. The van der Waals surface area contributed by atoms with Crippen molar-refractivity contribution in [3.8, 4) is 0 Å². The lowest BCUT2D eigenvalue weighted by Gasteiger charge is -2.13. The van der Waals surface area contributed by atoms with E-state index in [-0.39, 0.29) is 5.54 Å². The quantitative estimate of drug-likeness (QED) is 0.695. The maximum Gasteiger partial charge on any atom is 0.0411 e. The van der Waals surface area contributed by atoms with Crippen molar-refractivity contribution in [3.63, 3.8) is 0 Å². The smallest absolute Gasteiger partial charge is 0.0411 e. The van der Waals surface area contributed by atoms with Crippen molar-refractivity contribution in [1.82, 2.24) is 0 Å². The number of fused-ring (bicyclic) bond motifs is 1. The third-order valence-corrected chi connectivity index (χ3v) is 3.96. The highest BCUT2D eigenvalue weighted by molar-refractivity contribution is 5.38. The van der Waals surface area contributed by atoms with E-state index in [1.165, 1.54) is 50.5 Å². The van der Waals surface area contributed by atoms with Gasteiger partial charge >= 0.3 is 0 Å². The number of benzene rings is 1. The maximum absolute atomic E-state index is 6.24. The van der Waals surface area contributed by atoms with Gasteiger partial charge in [0.1, 0.15) is 0 Å². The summed E-state index contributed by atoms with van der Waals surface area (Å²) in [5, 5.41) is 0. The van der Waals surface area contributed by atoms with Crippen LogP contribution in [0.2, 0.25) is 0 Å². The Morgan fingerprint density at radius 3 is 2.40 bits per heavy atom. The molecule has 0 atom stereocenters. The van der Waals surface area contributed by atoms with E-state index in [1.54, 1.807) is 11.1 Å². The van der Waals surface area contributed by atoms with Crippen LogP contribution < -0.4 is 5.73 Å². The van der Waals surface area contributed by atoms with Gasteiger partial charge in [-0.15, -0.1) is 0 Å². The van der Waals surface area contributed by atoms with Crippen LogP contribution >= 0.6 is 0 Å². The molecule has 1 heteroatoms. The number of nitrogens with two attached hydrogens (primary N) is 1. The van der Waals surface area contributed by atoms with E-state index < -0.39 is 0 Å². The highest BCUT2D eigenvalue weighted by Crippen LogP contribution is 2.43. The van der Waals surface area contributed by atoms with E-state index in [2.05, 4.69) is 18.2 Å². The fourth-order valence-electron chi connectivity index (χ4n) is 2.64. The van der Waals surface area contributed by atoms with Crippen LogP contribution in [-0.4, -0.2) is 0 Å². The molecule has 1 aromatic rings. The van der Waals surface area contributed by atoms with Gasteiger partial charge in [0.2, 0.25) is 0 Å². The summed E-state index contributed by atoms with van der Waals surface area (Å²) >= 11 is 0. The summed E-state index contributed by atoms with van der Waals surface area (Å²) in [6.45, 7) is 0. The van der Waals surface area contributed by atoms with Gasteiger partial charge in [-0.05, 0) is 55.2 Å². The van der Waals surface area contributed by atoms with Crippen LogP contribution in [0.15, 0.2) is 18.2 Å². The molecule has 0 aliphatic heterocycles. The predicted molar refractivity (Wildman–Crippen MR) is 62.8 cm³/mol. The van der Waals surface area contributed by atoms with Crippen LogP contribution in [0, 0.1) is 0 Å². The van der Waals surface area contributed by atoms with Gasteiger partial charge in [-0.2, -0.15) is 0 Å². The molecule has 0 spiro atoms. The molecule has 1 aromatic carbocycles. The summed E-state index contributed by atoms with van der Waals surface area (Å²) in [5.41, 5.74) is 10.8. The van der Waals surface area contributed by atoms with Gasteiger partial charge in [0, 0.05) is 5.54 Å². The summed E-state index contributed by atoms with van der Waals surface area (Å²) < 4.78 is 0. The molecule has 0 saturated heterocycles. The average molecular weight is 201 g/mol. The van der Waals surface area contributed by atoms with Gasteiger partial charge in [0.05, 0.1) is 0 Å². The predicted octanol–water partition coefficient (Wildman–Crippen LogP) is 2.90. The van der Waals surface area contributed by atoms with Gasteiger partial charge in [-0.25, -0.2) is 0 Å². The first-order valence-corrected chi connectivity index (χ1v) is 6.19. The van der Waals surface area contributed by atoms with Crippen LogP contribution in [0.3, 0.4) is 0 Å². The van der Waals surface area contributed by atoms with Gasteiger partial charge in [-0.3, -0.25) is 0 Å². The molecule has 0 amide bonds. The summed E-state index contributed by atoms with van der Waals surface area (Å²) in [7, 11) is 0. The van der Waals surface area contributed by atoms with E-state index >= 15 is 0 Å². The number of hydrogen-bond acceptors (Lipinski definition) is 1. The highest BCUT2D eigenvalue weighted by Gasteiger charge is 2.40. The minimum Gasteiger partial charge on any atom is -0.321 e. The second-order valence-corrected chi connectivity index (χ2v) is 5.20. The Morgan fingerprint density at radius 1 is 0.933 bits per heavy atom. The molecule has 0 radical (unpaired) electrons. The Morgan fingerprint density at radius 2 is 1.67 bits per heavy atom. The zero-order valence-corrected chi connectivity index (χ0v) is 9.26. The van der Waals surface area contributed by atoms with Crippen LogP contribution in [0.5, 0.6) is 0 Å². The average Bonchev–Trinajstić information content (AvgIpc) is 3.01. The maximum atomic E-state index is 6.24. The Labute approximate surface area is 91.7 Å². The SMILES string of the molecule is NC1(c2ccc3c(c2)CCCCC3)CC1. The molecule has 2 aliphatic rings. The van der Waals surface area contributed by atoms with Crippen molar-refractivity contribution in [1.29, 1.82) is 0 Å². The van der Waals surface area contributed by atoms with Gasteiger partial charge in [0.15, 0.2) is 0 Å².